The van der Waals surface area contributed by atoms with Crippen molar-refractivity contribution in [2.24, 2.45) is 0 Å². The van der Waals surface area contributed by atoms with Crippen molar-refractivity contribution in [2.75, 3.05) is 20.3 Å². The fraction of sp³-hybridized carbons (Fsp3) is 0.407. The number of unbranched alkanes of at least 4 members (excludes halogenated alkanes) is 2. The number of ether oxygens (including phenoxy) is 2. The number of carbonyl (C=O) groups excluding carboxylic acids is 1. The average molecular weight is 484 g/mol. The van der Waals surface area contributed by atoms with E-state index >= 15 is 0 Å². The number of aryl methyl sites for hydroxylation is 1. The molecular weight excluding hydrogens is 454 g/mol. The predicted octanol–water partition coefficient (Wildman–Crippen LogP) is 6.29. The minimum absolute atomic E-state index is 0.0996. The van der Waals surface area contributed by atoms with Crippen LogP contribution in [0.25, 0.3) is 11.0 Å². The lowest BCUT2D eigenvalue weighted by molar-refractivity contribution is 0.0725. The second kappa shape index (κ2) is 10.1. The van der Waals surface area contributed by atoms with Crippen LogP contribution in [0.3, 0.4) is 0 Å². The second-order valence-electron chi connectivity index (χ2n) is 8.64. The maximum absolute atomic E-state index is 13.7. The zero-order valence-corrected chi connectivity index (χ0v) is 20.8. The van der Waals surface area contributed by atoms with Crippen LogP contribution in [-0.4, -0.2) is 31.1 Å². The van der Waals surface area contributed by atoms with Crippen molar-refractivity contribution < 1.29 is 18.7 Å². The molecule has 2 aromatic carbocycles. The van der Waals surface area contributed by atoms with E-state index in [0.29, 0.717) is 46.2 Å². The maximum Gasteiger partial charge on any atom is 0.290 e. The molecule has 1 amide bonds. The average Bonchev–Trinajstić information content (AvgIpc) is 3.11. The second-order valence-corrected chi connectivity index (χ2v) is 9.05. The van der Waals surface area contributed by atoms with Crippen LogP contribution in [0, 0.1) is 6.92 Å². The summed E-state index contributed by atoms with van der Waals surface area (Å²) in [6.45, 7) is 7.11. The van der Waals surface area contributed by atoms with Gasteiger partial charge in [-0.2, -0.15) is 0 Å². The molecule has 0 saturated heterocycles. The molecular formula is C27H30ClNO5. The van der Waals surface area contributed by atoms with Gasteiger partial charge in [0.1, 0.15) is 5.58 Å². The summed E-state index contributed by atoms with van der Waals surface area (Å²) in [6.07, 6.45) is 3.69. The standard InChI is InChI=1S/C27H30ClNO5/c1-5-7-11-29-24(17-9-10-20(22(14-17)32-4)33-12-8-6-2)23-25(30)18-15-19(28)16(3)13-21(18)34-26(23)27(29)31/h9-10,13-15,24H,5-8,11-12H2,1-4H3. The van der Waals surface area contributed by atoms with Gasteiger partial charge in [0.2, 0.25) is 5.76 Å². The minimum Gasteiger partial charge on any atom is -0.493 e. The normalized spacial score (nSPS) is 15.1. The van der Waals surface area contributed by atoms with E-state index in [9.17, 15) is 9.59 Å². The molecule has 34 heavy (non-hydrogen) atoms. The summed E-state index contributed by atoms with van der Waals surface area (Å²) >= 11 is 6.31. The van der Waals surface area contributed by atoms with Crippen molar-refractivity contribution in [1.29, 1.82) is 0 Å². The first kappa shape index (κ1) is 24.1. The molecule has 0 aliphatic carbocycles. The van der Waals surface area contributed by atoms with E-state index in [4.69, 9.17) is 25.5 Å². The lowest BCUT2D eigenvalue weighted by atomic mass is 9.97. The highest BCUT2D eigenvalue weighted by Crippen LogP contribution is 2.41. The summed E-state index contributed by atoms with van der Waals surface area (Å²) in [5.74, 6) is 1.02. The third kappa shape index (κ3) is 4.27. The Kier molecular flexibility index (Phi) is 7.17. The summed E-state index contributed by atoms with van der Waals surface area (Å²) in [5.41, 5.74) is 2.03. The van der Waals surface area contributed by atoms with E-state index < -0.39 is 6.04 Å². The summed E-state index contributed by atoms with van der Waals surface area (Å²) in [6, 6.07) is 8.34. The predicted molar refractivity (Wildman–Crippen MR) is 133 cm³/mol. The van der Waals surface area contributed by atoms with Gasteiger partial charge in [0, 0.05) is 11.6 Å². The third-order valence-electron chi connectivity index (χ3n) is 6.26. The first-order chi connectivity index (χ1) is 16.4. The molecule has 1 atom stereocenters. The van der Waals surface area contributed by atoms with Crippen LogP contribution >= 0.6 is 11.6 Å². The molecule has 4 rings (SSSR count). The quantitative estimate of drug-likeness (QED) is 0.334. The van der Waals surface area contributed by atoms with Gasteiger partial charge in [0.05, 0.1) is 30.7 Å². The minimum atomic E-state index is -0.576. The Labute approximate surface area is 204 Å². The summed E-state index contributed by atoms with van der Waals surface area (Å²) in [7, 11) is 1.58. The van der Waals surface area contributed by atoms with Crippen LogP contribution in [-0.2, 0) is 0 Å². The monoisotopic (exact) mass is 483 g/mol. The van der Waals surface area contributed by atoms with Crippen LogP contribution < -0.4 is 14.9 Å². The van der Waals surface area contributed by atoms with E-state index in [-0.39, 0.29) is 17.1 Å². The molecule has 7 heteroatoms. The van der Waals surface area contributed by atoms with Crippen LogP contribution in [0.4, 0.5) is 0 Å². The number of benzene rings is 2. The topological polar surface area (TPSA) is 69.0 Å². The first-order valence-electron chi connectivity index (χ1n) is 11.8. The Balaban J connectivity index is 1.87. The smallest absolute Gasteiger partial charge is 0.290 e. The number of hydrogen-bond acceptors (Lipinski definition) is 5. The van der Waals surface area contributed by atoms with Gasteiger partial charge in [-0.3, -0.25) is 9.59 Å². The molecule has 1 unspecified atom stereocenters. The Hall–Kier alpha value is -2.99. The summed E-state index contributed by atoms with van der Waals surface area (Å²) in [4.78, 5) is 28.8. The molecule has 0 spiro atoms. The largest absolute Gasteiger partial charge is 0.493 e. The Morgan fingerprint density at radius 2 is 1.82 bits per heavy atom. The fourth-order valence-corrected chi connectivity index (χ4v) is 4.51. The number of nitrogens with zero attached hydrogens (tertiary/aromatic N) is 1. The van der Waals surface area contributed by atoms with Gasteiger partial charge in [-0.15, -0.1) is 0 Å². The Bertz CT molecular complexity index is 1280. The van der Waals surface area contributed by atoms with Gasteiger partial charge >= 0.3 is 0 Å². The molecule has 180 valence electrons. The molecule has 1 aliphatic heterocycles. The molecule has 1 aromatic heterocycles. The lowest BCUT2D eigenvalue weighted by Crippen LogP contribution is -2.30. The molecule has 2 heterocycles. The van der Waals surface area contributed by atoms with Gasteiger partial charge in [-0.25, -0.2) is 0 Å². The molecule has 0 bridgehead atoms. The van der Waals surface area contributed by atoms with Crippen LogP contribution in [0.15, 0.2) is 39.5 Å². The summed E-state index contributed by atoms with van der Waals surface area (Å²) in [5, 5.41) is 0.856. The Morgan fingerprint density at radius 1 is 1.06 bits per heavy atom. The number of carbonyl (C=O) groups is 1. The summed E-state index contributed by atoms with van der Waals surface area (Å²) < 4.78 is 17.5. The highest BCUT2D eigenvalue weighted by Gasteiger charge is 2.42. The lowest BCUT2D eigenvalue weighted by Gasteiger charge is -2.25. The van der Waals surface area contributed by atoms with E-state index in [0.717, 1.165) is 36.8 Å². The molecule has 0 N–H and O–H groups in total. The zero-order chi connectivity index (χ0) is 24.4. The van der Waals surface area contributed by atoms with Crippen molar-refractivity contribution >= 4 is 28.5 Å². The van der Waals surface area contributed by atoms with E-state index in [1.54, 1.807) is 24.1 Å². The number of fused-ring (bicyclic) bond motifs is 2. The van der Waals surface area contributed by atoms with Crippen molar-refractivity contribution in [3.63, 3.8) is 0 Å². The number of amides is 1. The van der Waals surface area contributed by atoms with E-state index in [2.05, 4.69) is 13.8 Å². The fourth-order valence-electron chi connectivity index (χ4n) is 4.35. The van der Waals surface area contributed by atoms with Crippen LogP contribution in [0.2, 0.25) is 5.02 Å². The van der Waals surface area contributed by atoms with E-state index in [1.807, 2.05) is 25.1 Å². The van der Waals surface area contributed by atoms with E-state index in [1.165, 1.54) is 0 Å². The van der Waals surface area contributed by atoms with Gasteiger partial charge < -0.3 is 18.8 Å². The highest BCUT2D eigenvalue weighted by molar-refractivity contribution is 6.32. The van der Waals surface area contributed by atoms with Crippen LogP contribution in [0.5, 0.6) is 11.5 Å². The Morgan fingerprint density at radius 3 is 2.53 bits per heavy atom. The number of rotatable bonds is 9. The van der Waals surface area contributed by atoms with Crippen molar-refractivity contribution in [1.82, 2.24) is 4.90 Å². The zero-order valence-electron chi connectivity index (χ0n) is 20.1. The molecule has 6 nitrogen and oxygen atoms in total. The van der Waals surface area contributed by atoms with Gasteiger partial charge in [-0.1, -0.05) is 44.4 Å². The third-order valence-corrected chi connectivity index (χ3v) is 6.67. The number of methoxy groups -OCH3 is 1. The SMILES string of the molecule is CCCCOc1ccc(C2c3c(oc4cc(C)c(Cl)cc4c3=O)C(=O)N2CCCC)cc1OC. The molecule has 1 aliphatic rings. The van der Waals surface area contributed by atoms with Gasteiger partial charge in [-0.05, 0) is 55.2 Å². The highest BCUT2D eigenvalue weighted by atomic mass is 35.5. The first-order valence-corrected chi connectivity index (χ1v) is 12.2. The number of hydrogen-bond donors (Lipinski definition) is 0. The number of halogens is 1. The van der Waals surface area contributed by atoms with Crippen LogP contribution in [0.1, 0.15) is 72.8 Å². The van der Waals surface area contributed by atoms with Gasteiger partial charge in [0.15, 0.2) is 16.9 Å². The molecule has 3 aromatic rings. The van der Waals surface area contributed by atoms with Gasteiger partial charge in [0.25, 0.3) is 5.91 Å². The molecule has 0 saturated carbocycles. The van der Waals surface area contributed by atoms with Crippen molar-refractivity contribution in [3.8, 4) is 11.5 Å². The molecule has 0 fully saturated rings. The van der Waals surface area contributed by atoms with Crippen molar-refractivity contribution in [2.45, 2.75) is 52.5 Å². The van der Waals surface area contributed by atoms with Crippen molar-refractivity contribution in [3.05, 3.63) is 68.0 Å². The molecule has 0 radical (unpaired) electrons. The maximum atomic E-state index is 13.7.